The van der Waals surface area contributed by atoms with Gasteiger partial charge in [0.15, 0.2) is 4.93 Å². The van der Waals surface area contributed by atoms with Crippen LogP contribution < -0.4 is 0 Å². The molecule has 4 nitrogen and oxygen atoms in total. The number of thiol groups is 1. The summed E-state index contributed by atoms with van der Waals surface area (Å²) < 4.78 is 5.56. The highest BCUT2D eigenvalue weighted by atomic mass is 35.5. The lowest BCUT2D eigenvalue weighted by molar-refractivity contribution is -0.233. The first-order chi connectivity index (χ1) is 8.36. The first-order valence-electron chi connectivity index (χ1n) is 5.56. The van der Waals surface area contributed by atoms with Gasteiger partial charge in [0.1, 0.15) is 18.3 Å². The van der Waals surface area contributed by atoms with E-state index in [0.717, 1.165) is 0 Å². The largest absolute Gasteiger partial charge is 0.388 e. The molecule has 18 heavy (non-hydrogen) atoms. The summed E-state index contributed by atoms with van der Waals surface area (Å²) in [6.45, 7) is 1.61. The predicted molar refractivity (Wildman–Crippen MR) is 70.7 cm³/mol. The van der Waals surface area contributed by atoms with Crippen LogP contribution in [0.1, 0.15) is 12.5 Å². The van der Waals surface area contributed by atoms with Gasteiger partial charge in [-0.15, -0.1) is 12.6 Å². The number of aliphatic hydroxyl groups excluding tert-OH is 3. The van der Waals surface area contributed by atoms with Gasteiger partial charge in [-0.2, -0.15) is 0 Å². The molecule has 5 atom stereocenters. The SMILES string of the molecule is C[C@@H]1O[C@](S)(c2ccc(Cl)cc2)[C@@H](O)[C@H](O)[C@@H]1O. The van der Waals surface area contributed by atoms with Crippen LogP contribution >= 0.6 is 24.2 Å². The molecular weight excluding hydrogens is 276 g/mol. The Bertz CT molecular complexity index is 427. The topological polar surface area (TPSA) is 69.9 Å². The van der Waals surface area contributed by atoms with Gasteiger partial charge in [0, 0.05) is 5.02 Å². The van der Waals surface area contributed by atoms with Gasteiger partial charge in [0.05, 0.1) is 6.10 Å². The molecule has 1 aliphatic heterocycles. The normalized spacial score (nSPS) is 40.8. The van der Waals surface area contributed by atoms with Crippen LogP contribution in [0.25, 0.3) is 0 Å². The average Bonchev–Trinajstić information content (AvgIpc) is 2.35. The molecule has 0 spiro atoms. The van der Waals surface area contributed by atoms with Crippen LogP contribution in [0.3, 0.4) is 0 Å². The van der Waals surface area contributed by atoms with Crippen LogP contribution in [0.2, 0.25) is 5.02 Å². The van der Waals surface area contributed by atoms with E-state index in [9.17, 15) is 15.3 Å². The molecule has 0 radical (unpaired) electrons. The van der Waals surface area contributed by atoms with Crippen molar-refractivity contribution < 1.29 is 20.1 Å². The van der Waals surface area contributed by atoms with Gasteiger partial charge in [-0.05, 0) is 24.6 Å². The van der Waals surface area contributed by atoms with Gasteiger partial charge < -0.3 is 20.1 Å². The molecule has 1 aromatic rings. The Kier molecular flexibility index (Phi) is 3.92. The van der Waals surface area contributed by atoms with E-state index in [0.29, 0.717) is 10.6 Å². The van der Waals surface area contributed by atoms with Crippen molar-refractivity contribution in [1.29, 1.82) is 0 Å². The molecule has 0 bridgehead atoms. The van der Waals surface area contributed by atoms with E-state index in [1.807, 2.05) is 0 Å². The molecule has 1 fully saturated rings. The van der Waals surface area contributed by atoms with E-state index >= 15 is 0 Å². The third-order valence-electron chi connectivity index (χ3n) is 3.18. The van der Waals surface area contributed by atoms with Crippen molar-refractivity contribution in [3.63, 3.8) is 0 Å². The summed E-state index contributed by atoms with van der Waals surface area (Å²) >= 11 is 10.1. The van der Waals surface area contributed by atoms with Crippen molar-refractivity contribution in [3.05, 3.63) is 34.9 Å². The number of ether oxygens (including phenoxy) is 1. The minimum absolute atomic E-state index is 0.551. The fraction of sp³-hybridized carbons (Fsp3) is 0.500. The van der Waals surface area contributed by atoms with Crippen LogP contribution in [0.15, 0.2) is 24.3 Å². The minimum atomic E-state index is -1.37. The van der Waals surface area contributed by atoms with Crippen LogP contribution in [-0.2, 0) is 9.67 Å². The lowest BCUT2D eigenvalue weighted by Crippen LogP contribution is -2.59. The second-order valence-corrected chi connectivity index (χ2v) is 5.55. The van der Waals surface area contributed by atoms with Crippen molar-refractivity contribution in [3.8, 4) is 0 Å². The van der Waals surface area contributed by atoms with Crippen molar-refractivity contribution in [2.24, 2.45) is 0 Å². The first kappa shape index (κ1) is 14.1. The number of hydrogen-bond acceptors (Lipinski definition) is 5. The second-order valence-electron chi connectivity index (χ2n) is 4.45. The Labute approximate surface area is 116 Å². The van der Waals surface area contributed by atoms with Crippen molar-refractivity contribution in [2.45, 2.75) is 36.3 Å². The molecule has 1 aromatic carbocycles. The van der Waals surface area contributed by atoms with Crippen LogP contribution in [0, 0.1) is 0 Å². The Morgan fingerprint density at radius 1 is 1.17 bits per heavy atom. The summed E-state index contributed by atoms with van der Waals surface area (Å²) in [7, 11) is 0. The minimum Gasteiger partial charge on any atom is -0.388 e. The molecule has 1 saturated heterocycles. The van der Waals surface area contributed by atoms with E-state index in [2.05, 4.69) is 12.6 Å². The number of halogens is 1. The lowest BCUT2D eigenvalue weighted by Gasteiger charge is -2.45. The number of hydrogen-bond donors (Lipinski definition) is 4. The highest BCUT2D eigenvalue weighted by Crippen LogP contribution is 2.41. The fourth-order valence-electron chi connectivity index (χ4n) is 2.05. The summed E-state index contributed by atoms with van der Waals surface area (Å²) in [6, 6.07) is 6.62. The molecular formula is C12H15ClO4S. The third-order valence-corrected chi connectivity index (χ3v) is 4.06. The summed E-state index contributed by atoms with van der Waals surface area (Å²) in [6.07, 6.45) is -4.45. The molecule has 3 N–H and O–H groups in total. The van der Waals surface area contributed by atoms with Gasteiger partial charge in [-0.1, -0.05) is 23.7 Å². The van der Waals surface area contributed by atoms with E-state index in [1.54, 1.807) is 31.2 Å². The first-order valence-corrected chi connectivity index (χ1v) is 6.39. The number of benzene rings is 1. The van der Waals surface area contributed by atoms with Gasteiger partial charge >= 0.3 is 0 Å². The zero-order chi connectivity index (χ0) is 13.5. The fourth-order valence-corrected chi connectivity index (χ4v) is 2.64. The van der Waals surface area contributed by atoms with Crippen molar-refractivity contribution in [1.82, 2.24) is 0 Å². The molecule has 0 unspecified atom stereocenters. The predicted octanol–water partition coefficient (Wildman–Crippen LogP) is 0.924. The molecule has 0 aliphatic carbocycles. The summed E-state index contributed by atoms with van der Waals surface area (Å²) in [5.41, 5.74) is 0.570. The Hall–Kier alpha value is -0.300. The molecule has 0 aromatic heterocycles. The van der Waals surface area contributed by atoms with E-state index in [-0.39, 0.29) is 0 Å². The maximum absolute atomic E-state index is 10.1. The molecule has 0 amide bonds. The van der Waals surface area contributed by atoms with E-state index < -0.39 is 29.3 Å². The van der Waals surface area contributed by atoms with Crippen molar-refractivity contribution >= 4 is 24.2 Å². The third kappa shape index (κ3) is 2.27. The monoisotopic (exact) mass is 290 g/mol. The maximum Gasteiger partial charge on any atom is 0.165 e. The van der Waals surface area contributed by atoms with Gasteiger partial charge in [-0.3, -0.25) is 0 Å². The van der Waals surface area contributed by atoms with Crippen LogP contribution in [0.4, 0.5) is 0 Å². The molecule has 2 rings (SSSR count). The number of aliphatic hydroxyl groups is 3. The Morgan fingerprint density at radius 3 is 2.28 bits per heavy atom. The summed E-state index contributed by atoms with van der Waals surface area (Å²) in [5, 5.41) is 30.1. The van der Waals surface area contributed by atoms with Gasteiger partial charge in [0.2, 0.25) is 0 Å². The number of rotatable bonds is 1. The van der Waals surface area contributed by atoms with Crippen molar-refractivity contribution in [2.75, 3.05) is 0 Å². The maximum atomic E-state index is 10.1. The molecule has 6 heteroatoms. The smallest absolute Gasteiger partial charge is 0.165 e. The zero-order valence-corrected chi connectivity index (χ0v) is 11.3. The Morgan fingerprint density at radius 2 is 1.72 bits per heavy atom. The molecule has 1 heterocycles. The average molecular weight is 291 g/mol. The second kappa shape index (κ2) is 5.00. The highest BCUT2D eigenvalue weighted by molar-refractivity contribution is 7.81. The standard InChI is InChI=1S/C12H15ClO4S/c1-6-9(14)10(15)11(16)12(18,17-6)7-2-4-8(13)5-3-7/h2-6,9-11,14-16,18H,1H3/t6-,9+,10+,11-,12-/m0/s1. The summed E-state index contributed by atoms with van der Waals surface area (Å²) in [4.78, 5) is -1.37. The van der Waals surface area contributed by atoms with Gasteiger partial charge in [-0.25, -0.2) is 0 Å². The lowest BCUT2D eigenvalue weighted by atomic mass is 9.91. The van der Waals surface area contributed by atoms with E-state index in [1.165, 1.54) is 0 Å². The highest BCUT2D eigenvalue weighted by Gasteiger charge is 2.51. The van der Waals surface area contributed by atoms with Crippen LogP contribution in [-0.4, -0.2) is 39.7 Å². The zero-order valence-electron chi connectivity index (χ0n) is 9.69. The van der Waals surface area contributed by atoms with Gasteiger partial charge in [0.25, 0.3) is 0 Å². The molecule has 100 valence electrons. The molecule has 1 aliphatic rings. The molecule has 0 saturated carbocycles. The Balaban J connectivity index is 2.37. The van der Waals surface area contributed by atoms with Crippen LogP contribution in [0.5, 0.6) is 0 Å². The quantitative estimate of drug-likeness (QED) is 0.581. The summed E-state index contributed by atoms with van der Waals surface area (Å²) in [5.74, 6) is 0. The van der Waals surface area contributed by atoms with E-state index in [4.69, 9.17) is 16.3 Å².